The number of hydrogen-bond acceptors (Lipinski definition) is 3. The maximum absolute atomic E-state index is 13.1. The molecule has 0 spiro atoms. The van der Waals surface area contributed by atoms with Gasteiger partial charge in [0.15, 0.2) is 0 Å². The number of para-hydroxylation sites is 1. The van der Waals surface area contributed by atoms with Crippen molar-refractivity contribution in [1.29, 1.82) is 0 Å². The van der Waals surface area contributed by atoms with Crippen LogP contribution in [-0.4, -0.2) is 9.82 Å². The van der Waals surface area contributed by atoms with E-state index in [1.165, 1.54) is 6.07 Å². The van der Waals surface area contributed by atoms with Crippen molar-refractivity contribution in [2.45, 2.75) is 0 Å². The molecule has 3 aromatic rings. The van der Waals surface area contributed by atoms with Crippen LogP contribution < -0.4 is 10.6 Å². The van der Waals surface area contributed by atoms with E-state index < -0.39 is 12.3 Å². The molecule has 0 saturated heterocycles. The van der Waals surface area contributed by atoms with Crippen LogP contribution >= 0.6 is 7.37 Å². The number of nitro groups is 1. The van der Waals surface area contributed by atoms with Gasteiger partial charge in [0.05, 0.1) is 10.5 Å². The number of nitro benzene ring substituents is 1. The summed E-state index contributed by atoms with van der Waals surface area (Å²) >= 11 is 0. The molecule has 0 aromatic heterocycles. The molecule has 1 unspecified atom stereocenters. The second-order valence-electron chi connectivity index (χ2n) is 5.20. The van der Waals surface area contributed by atoms with Crippen molar-refractivity contribution in [3.63, 3.8) is 0 Å². The molecule has 120 valence electrons. The topological polar surface area (TPSA) is 80.4 Å². The Morgan fingerprint density at radius 1 is 0.792 bits per heavy atom. The fourth-order valence-electron chi connectivity index (χ4n) is 2.60. The van der Waals surface area contributed by atoms with Crippen molar-refractivity contribution in [2.24, 2.45) is 0 Å². The van der Waals surface area contributed by atoms with E-state index in [1.54, 1.807) is 72.8 Å². The van der Waals surface area contributed by atoms with Crippen LogP contribution in [0.5, 0.6) is 0 Å². The monoisotopic (exact) mass is 339 g/mol. The molecule has 6 heteroatoms. The van der Waals surface area contributed by atoms with Gasteiger partial charge in [-0.05, 0) is 24.3 Å². The minimum Gasteiger partial charge on any atom is -0.338 e. The summed E-state index contributed by atoms with van der Waals surface area (Å²) in [5, 5.41) is 11.8. The highest BCUT2D eigenvalue weighted by Crippen LogP contribution is 2.42. The van der Waals surface area contributed by atoms with Crippen LogP contribution in [0.2, 0.25) is 0 Å². The third-order valence-corrected chi connectivity index (χ3v) is 5.77. The first-order valence-electron chi connectivity index (χ1n) is 7.23. The quantitative estimate of drug-likeness (QED) is 0.448. The van der Waals surface area contributed by atoms with Crippen molar-refractivity contribution in [3.8, 4) is 11.1 Å². The SMILES string of the molecule is O=[N+]([O-])c1ccccc1-c1ccccc1P(=O)(O)c1ccccc1. The molecule has 0 aliphatic rings. The molecule has 0 aliphatic heterocycles. The Kier molecular flexibility index (Phi) is 4.30. The molecule has 1 atom stereocenters. The first-order valence-corrected chi connectivity index (χ1v) is 8.89. The maximum atomic E-state index is 13.1. The van der Waals surface area contributed by atoms with Crippen LogP contribution in [0.4, 0.5) is 5.69 Å². The smallest absolute Gasteiger partial charge is 0.277 e. The summed E-state index contributed by atoms with van der Waals surface area (Å²) in [5.41, 5.74) is 0.612. The van der Waals surface area contributed by atoms with E-state index in [-0.39, 0.29) is 16.3 Å². The molecule has 3 rings (SSSR count). The van der Waals surface area contributed by atoms with Crippen molar-refractivity contribution < 1.29 is 14.4 Å². The van der Waals surface area contributed by atoms with Gasteiger partial charge in [-0.2, -0.15) is 0 Å². The van der Waals surface area contributed by atoms with E-state index in [9.17, 15) is 19.6 Å². The van der Waals surface area contributed by atoms with Gasteiger partial charge in [0.25, 0.3) is 13.1 Å². The molecule has 0 radical (unpaired) electrons. The van der Waals surface area contributed by atoms with Gasteiger partial charge in [-0.25, -0.2) is 0 Å². The van der Waals surface area contributed by atoms with Crippen LogP contribution in [0, 0.1) is 10.1 Å². The standard InChI is InChI=1S/C18H14NO4P/c20-19(21)17-12-6-4-10-15(17)16-11-5-7-13-18(16)24(22,23)14-8-2-1-3-9-14/h1-13H,(H,22,23). The van der Waals surface area contributed by atoms with Gasteiger partial charge < -0.3 is 4.89 Å². The summed E-state index contributed by atoms with van der Waals surface area (Å²) in [6, 6.07) is 21.0. The van der Waals surface area contributed by atoms with Gasteiger partial charge in [0.1, 0.15) is 0 Å². The predicted octanol–water partition coefficient (Wildman–Crippen LogP) is 3.48. The Hall–Kier alpha value is -2.75. The number of nitrogens with zero attached hydrogens (tertiary/aromatic N) is 1. The molecule has 0 amide bonds. The van der Waals surface area contributed by atoms with E-state index in [0.717, 1.165) is 0 Å². The van der Waals surface area contributed by atoms with Crippen molar-refractivity contribution in [3.05, 3.63) is 89.0 Å². The molecule has 0 bridgehead atoms. The van der Waals surface area contributed by atoms with Crippen molar-refractivity contribution in [1.82, 2.24) is 0 Å². The lowest BCUT2D eigenvalue weighted by Gasteiger charge is -2.16. The van der Waals surface area contributed by atoms with Gasteiger partial charge in [-0.15, -0.1) is 0 Å². The zero-order valence-corrected chi connectivity index (χ0v) is 13.5. The Labute approximate surface area is 138 Å². The number of hydrogen-bond donors (Lipinski definition) is 1. The summed E-state index contributed by atoms with van der Waals surface area (Å²) < 4.78 is 13.1. The Morgan fingerprint density at radius 2 is 1.33 bits per heavy atom. The predicted molar refractivity (Wildman–Crippen MR) is 94.1 cm³/mol. The molecule has 0 fully saturated rings. The Morgan fingerprint density at radius 3 is 2.00 bits per heavy atom. The van der Waals surface area contributed by atoms with Gasteiger partial charge in [0.2, 0.25) is 0 Å². The highest BCUT2D eigenvalue weighted by molar-refractivity contribution is 7.73. The first kappa shape index (κ1) is 16.1. The van der Waals surface area contributed by atoms with E-state index >= 15 is 0 Å². The molecular weight excluding hydrogens is 325 g/mol. The molecule has 0 heterocycles. The Bertz CT molecular complexity index is 941. The summed E-state index contributed by atoms with van der Waals surface area (Å²) in [7, 11) is -3.87. The van der Waals surface area contributed by atoms with Crippen LogP contribution in [0.3, 0.4) is 0 Å². The van der Waals surface area contributed by atoms with Gasteiger partial charge in [-0.3, -0.25) is 14.7 Å². The fraction of sp³-hybridized carbons (Fsp3) is 0. The van der Waals surface area contributed by atoms with E-state index in [2.05, 4.69) is 0 Å². The van der Waals surface area contributed by atoms with Crippen LogP contribution in [0.15, 0.2) is 78.9 Å². The zero-order valence-electron chi connectivity index (χ0n) is 12.6. The summed E-state index contributed by atoms with van der Waals surface area (Å²) in [5.74, 6) is 0. The number of rotatable bonds is 4. The number of benzene rings is 3. The molecule has 0 saturated carbocycles. The zero-order chi connectivity index (χ0) is 17.2. The van der Waals surface area contributed by atoms with Crippen LogP contribution in [0.25, 0.3) is 11.1 Å². The van der Waals surface area contributed by atoms with Gasteiger partial charge >= 0.3 is 0 Å². The third-order valence-electron chi connectivity index (χ3n) is 3.73. The second-order valence-corrected chi connectivity index (χ2v) is 7.35. The van der Waals surface area contributed by atoms with E-state index in [1.807, 2.05) is 0 Å². The maximum Gasteiger partial charge on any atom is 0.277 e. The molecule has 24 heavy (non-hydrogen) atoms. The van der Waals surface area contributed by atoms with E-state index in [4.69, 9.17) is 0 Å². The summed E-state index contributed by atoms with van der Waals surface area (Å²) in [6.07, 6.45) is 0. The highest BCUT2D eigenvalue weighted by atomic mass is 31.2. The summed E-state index contributed by atoms with van der Waals surface area (Å²) in [4.78, 5) is 21.5. The molecular formula is C18H14NO4P. The second kappa shape index (κ2) is 6.40. The molecule has 3 aromatic carbocycles. The van der Waals surface area contributed by atoms with Crippen LogP contribution in [-0.2, 0) is 4.57 Å². The lowest BCUT2D eigenvalue weighted by Crippen LogP contribution is -2.17. The first-order chi connectivity index (χ1) is 11.5. The minimum absolute atomic E-state index is 0.0991. The largest absolute Gasteiger partial charge is 0.338 e. The molecule has 5 nitrogen and oxygen atoms in total. The summed E-state index contributed by atoms with van der Waals surface area (Å²) in [6.45, 7) is 0. The third kappa shape index (κ3) is 2.87. The molecule has 0 aliphatic carbocycles. The minimum atomic E-state index is -3.87. The average molecular weight is 339 g/mol. The van der Waals surface area contributed by atoms with Gasteiger partial charge in [-0.1, -0.05) is 48.5 Å². The van der Waals surface area contributed by atoms with E-state index in [0.29, 0.717) is 11.1 Å². The van der Waals surface area contributed by atoms with Crippen LogP contribution in [0.1, 0.15) is 0 Å². The normalized spacial score (nSPS) is 13.2. The Balaban J connectivity index is 2.24. The average Bonchev–Trinajstić information content (AvgIpc) is 2.62. The van der Waals surface area contributed by atoms with Crippen molar-refractivity contribution in [2.75, 3.05) is 0 Å². The fourth-order valence-corrected chi connectivity index (χ4v) is 4.26. The van der Waals surface area contributed by atoms with Gasteiger partial charge in [0, 0.05) is 22.2 Å². The lowest BCUT2D eigenvalue weighted by molar-refractivity contribution is -0.384. The van der Waals surface area contributed by atoms with Crippen molar-refractivity contribution >= 4 is 23.7 Å². The molecule has 1 N–H and O–H groups in total. The highest BCUT2D eigenvalue weighted by Gasteiger charge is 2.29. The lowest BCUT2D eigenvalue weighted by atomic mass is 10.0.